The zero-order valence-electron chi connectivity index (χ0n) is 14.3. The van der Waals surface area contributed by atoms with Crippen molar-refractivity contribution in [2.75, 3.05) is 4.90 Å². The largest absolute Gasteiger partial charge is 0.459 e. The molecule has 0 fully saturated rings. The van der Waals surface area contributed by atoms with E-state index in [4.69, 9.17) is 4.42 Å². The average molecular weight is 363 g/mol. The van der Waals surface area contributed by atoms with Crippen LogP contribution in [0.2, 0.25) is 0 Å². The number of hydrogen-bond donors (Lipinski definition) is 0. The van der Waals surface area contributed by atoms with Crippen LogP contribution in [0.5, 0.6) is 0 Å². The summed E-state index contributed by atoms with van der Waals surface area (Å²) in [6.45, 7) is 2.51. The van der Waals surface area contributed by atoms with Crippen molar-refractivity contribution in [2.24, 2.45) is 0 Å². The molecule has 3 aromatic heterocycles. The van der Waals surface area contributed by atoms with Gasteiger partial charge in [0, 0.05) is 12.4 Å². The number of thiazole rings is 1. The molecule has 3 heterocycles. The Kier molecular flexibility index (Phi) is 4.50. The Bertz CT molecular complexity index is 1030. The molecule has 1 amide bonds. The lowest BCUT2D eigenvalue weighted by atomic mass is 10.2. The third-order valence-electron chi connectivity index (χ3n) is 4.12. The van der Waals surface area contributed by atoms with Crippen molar-refractivity contribution < 1.29 is 9.21 Å². The second-order valence-corrected chi connectivity index (χ2v) is 6.89. The molecule has 0 saturated carbocycles. The Morgan fingerprint density at radius 1 is 1.19 bits per heavy atom. The summed E-state index contributed by atoms with van der Waals surface area (Å²) in [6.07, 6.45) is 5.94. The molecule has 4 rings (SSSR count). The quantitative estimate of drug-likeness (QED) is 0.516. The predicted molar refractivity (Wildman–Crippen MR) is 102 cm³/mol. The van der Waals surface area contributed by atoms with Gasteiger partial charge in [-0.2, -0.15) is 0 Å². The molecule has 0 saturated heterocycles. The molecule has 4 aromatic rings. The van der Waals surface area contributed by atoms with Gasteiger partial charge in [0.1, 0.15) is 0 Å². The van der Waals surface area contributed by atoms with Gasteiger partial charge in [0.2, 0.25) is 0 Å². The molecule has 26 heavy (non-hydrogen) atoms. The SMILES string of the molecule is CCc1ccc2nc(N(Cc3cccnc3)C(=O)c3ccco3)sc2c1. The van der Waals surface area contributed by atoms with Crippen LogP contribution in [-0.4, -0.2) is 15.9 Å². The highest BCUT2D eigenvalue weighted by molar-refractivity contribution is 7.22. The molecule has 0 bridgehead atoms. The second kappa shape index (κ2) is 7.09. The third kappa shape index (κ3) is 3.23. The fourth-order valence-electron chi connectivity index (χ4n) is 2.73. The van der Waals surface area contributed by atoms with Crippen LogP contribution in [0.15, 0.2) is 65.5 Å². The van der Waals surface area contributed by atoms with Gasteiger partial charge in [-0.05, 0) is 47.9 Å². The van der Waals surface area contributed by atoms with Crippen LogP contribution >= 0.6 is 11.3 Å². The fraction of sp³-hybridized carbons (Fsp3) is 0.150. The number of benzene rings is 1. The number of fused-ring (bicyclic) bond motifs is 1. The van der Waals surface area contributed by atoms with E-state index in [-0.39, 0.29) is 5.91 Å². The summed E-state index contributed by atoms with van der Waals surface area (Å²) in [6, 6.07) is 13.4. The van der Waals surface area contributed by atoms with Crippen LogP contribution in [0.25, 0.3) is 10.2 Å². The number of aromatic nitrogens is 2. The minimum absolute atomic E-state index is 0.214. The fourth-order valence-corrected chi connectivity index (χ4v) is 3.75. The molecule has 0 spiro atoms. The van der Waals surface area contributed by atoms with Crippen LogP contribution in [0.4, 0.5) is 5.13 Å². The van der Waals surface area contributed by atoms with Gasteiger partial charge in [-0.15, -0.1) is 0 Å². The molecular formula is C20H17N3O2S. The number of amides is 1. The first kappa shape index (κ1) is 16.5. The third-order valence-corrected chi connectivity index (χ3v) is 5.16. The Labute approximate surface area is 154 Å². The highest BCUT2D eigenvalue weighted by Gasteiger charge is 2.23. The van der Waals surface area contributed by atoms with Crippen molar-refractivity contribution in [3.8, 4) is 0 Å². The lowest BCUT2D eigenvalue weighted by Crippen LogP contribution is -2.30. The van der Waals surface area contributed by atoms with Gasteiger partial charge in [0.15, 0.2) is 10.9 Å². The molecular weight excluding hydrogens is 346 g/mol. The van der Waals surface area contributed by atoms with E-state index in [2.05, 4.69) is 29.0 Å². The average Bonchev–Trinajstić information content (AvgIpc) is 3.35. The van der Waals surface area contributed by atoms with Gasteiger partial charge in [0.25, 0.3) is 5.91 Å². The number of furan rings is 1. The highest BCUT2D eigenvalue weighted by atomic mass is 32.1. The van der Waals surface area contributed by atoms with Gasteiger partial charge >= 0.3 is 0 Å². The second-order valence-electron chi connectivity index (χ2n) is 5.88. The van der Waals surface area contributed by atoms with Crippen LogP contribution in [-0.2, 0) is 13.0 Å². The highest BCUT2D eigenvalue weighted by Crippen LogP contribution is 2.31. The number of carbonyl (C=O) groups is 1. The van der Waals surface area contributed by atoms with Crippen molar-refractivity contribution in [2.45, 2.75) is 19.9 Å². The maximum Gasteiger partial charge on any atom is 0.296 e. The monoisotopic (exact) mass is 363 g/mol. The number of nitrogens with zero attached hydrogens (tertiary/aromatic N) is 3. The molecule has 0 radical (unpaired) electrons. The van der Waals surface area contributed by atoms with Crippen molar-refractivity contribution in [1.82, 2.24) is 9.97 Å². The summed E-state index contributed by atoms with van der Waals surface area (Å²) >= 11 is 1.51. The Hall–Kier alpha value is -2.99. The molecule has 0 N–H and O–H groups in total. The number of rotatable bonds is 5. The summed E-state index contributed by atoms with van der Waals surface area (Å²) in [7, 11) is 0. The van der Waals surface area contributed by atoms with Crippen LogP contribution in [0.1, 0.15) is 28.6 Å². The van der Waals surface area contributed by atoms with Crippen LogP contribution in [0, 0.1) is 0 Å². The van der Waals surface area contributed by atoms with Crippen LogP contribution in [0.3, 0.4) is 0 Å². The molecule has 0 aliphatic carbocycles. The maximum absolute atomic E-state index is 13.0. The van der Waals surface area contributed by atoms with Gasteiger partial charge in [-0.1, -0.05) is 30.4 Å². The zero-order chi connectivity index (χ0) is 17.9. The number of pyridine rings is 1. The van der Waals surface area contributed by atoms with E-state index in [9.17, 15) is 4.79 Å². The summed E-state index contributed by atoms with van der Waals surface area (Å²) in [5, 5.41) is 0.651. The summed E-state index contributed by atoms with van der Waals surface area (Å²) < 4.78 is 6.39. The molecule has 0 aliphatic heterocycles. The molecule has 6 heteroatoms. The summed E-state index contributed by atoms with van der Waals surface area (Å²) in [5.74, 6) is 0.0796. The Morgan fingerprint density at radius 2 is 2.12 bits per heavy atom. The summed E-state index contributed by atoms with van der Waals surface area (Å²) in [5.41, 5.74) is 3.08. The lowest BCUT2D eigenvalue weighted by Gasteiger charge is -2.18. The van der Waals surface area contributed by atoms with Gasteiger partial charge in [0.05, 0.1) is 23.0 Å². The number of aryl methyl sites for hydroxylation is 1. The molecule has 1 aromatic carbocycles. The van der Waals surface area contributed by atoms with Gasteiger partial charge in [-0.3, -0.25) is 14.7 Å². The summed E-state index contributed by atoms with van der Waals surface area (Å²) in [4.78, 5) is 23.5. The maximum atomic E-state index is 13.0. The molecule has 0 atom stereocenters. The predicted octanol–water partition coefficient (Wildman–Crippen LogP) is 4.69. The number of carbonyl (C=O) groups excluding carboxylic acids is 1. The van der Waals surface area contributed by atoms with E-state index >= 15 is 0 Å². The Morgan fingerprint density at radius 3 is 2.85 bits per heavy atom. The van der Waals surface area contributed by atoms with Crippen molar-refractivity contribution >= 4 is 32.6 Å². The minimum atomic E-state index is -0.214. The van der Waals surface area contributed by atoms with Gasteiger partial charge < -0.3 is 4.42 Å². The van der Waals surface area contributed by atoms with E-state index in [0.717, 1.165) is 22.2 Å². The standard InChI is InChI=1S/C20H17N3O2S/c1-2-14-7-8-16-18(11-14)26-20(22-16)23(13-15-5-3-9-21-12-15)19(24)17-6-4-10-25-17/h3-12H,2,13H2,1H3. The van der Waals surface area contributed by atoms with Crippen LogP contribution < -0.4 is 4.90 Å². The van der Waals surface area contributed by atoms with Crippen molar-refractivity contribution in [1.29, 1.82) is 0 Å². The number of anilines is 1. The van der Waals surface area contributed by atoms with Crippen molar-refractivity contribution in [3.63, 3.8) is 0 Å². The Balaban J connectivity index is 1.75. The van der Waals surface area contributed by atoms with E-state index in [1.807, 2.05) is 18.2 Å². The molecule has 5 nitrogen and oxygen atoms in total. The number of hydrogen-bond acceptors (Lipinski definition) is 5. The first-order chi connectivity index (χ1) is 12.7. The van der Waals surface area contributed by atoms with E-state index in [1.54, 1.807) is 29.4 Å². The normalized spacial score (nSPS) is 11.0. The molecule has 0 unspecified atom stereocenters. The zero-order valence-corrected chi connectivity index (χ0v) is 15.1. The molecule has 130 valence electrons. The van der Waals surface area contributed by atoms with Gasteiger partial charge in [-0.25, -0.2) is 4.98 Å². The van der Waals surface area contributed by atoms with E-state index < -0.39 is 0 Å². The minimum Gasteiger partial charge on any atom is -0.459 e. The van der Waals surface area contributed by atoms with Crippen molar-refractivity contribution in [3.05, 3.63) is 78.0 Å². The topological polar surface area (TPSA) is 59.2 Å². The first-order valence-corrected chi connectivity index (χ1v) is 9.20. The molecule has 0 aliphatic rings. The lowest BCUT2D eigenvalue weighted by molar-refractivity contribution is 0.0958. The van der Waals surface area contributed by atoms with E-state index in [1.165, 1.54) is 23.2 Å². The smallest absolute Gasteiger partial charge is 0.296 e. The first-order valence-electron chi connectivity index (χ1n) is 8.38. The van der Waals surface area contributed by atoms with E-state index in [0.29, 0.717) is 17.4 Å².